The lowest BCUT2D eigenvalue weighted by Crippen LogP contribution is -2.36. The maximum atomic E-state index is 5.30. The van der Waals surface area contributed by atoms with Gasteiger partial charge in [-0.05, 0) is 19.8 Å². The molecule has 1 aliphatic rings. The van der Waals surface area contributed by atoms with Gasteiger partial charge in [0.1, 0.15) is 12.0 Å². The molecule has 0 amide bonds. The minimum atomic E-state index is 0.261. The Kier molecular flexibility index (Phi) is 3.16. The van der Waals surface area contributed by atoms with Crippen molar-refractivity contribution in [3.05, 3.63) is 18.0 Å². The van der Waals surface area contributed by atoms with Gasteiger partial charge in [0.15, 0.2) is 0 Å². The molecular weight excluding hydrogens is 180 g/mol. The van der Waals surface area contributed by atoms with E-state index in [1.54, 1.807) is 6.26 Å². The van der Waals surface area contributed by atoms with E-state index < -0.39 is 0 Å². The highest BCUT2D eigenvalue weighted by molar-refractivity contribution is 5.01. The van der Waals surface area contributed by atoms with E-state index in [4.69, 9.17) is 9.26 Å². The lowest BCUT2D eigenvalue weighted by Gasteiger charge is -2.25. The van der Waals surface area contributed by atoms with Gasteiger partial charge in [0.25, 0.3) is 0 Å². The second kappa shape index (κ2) is 4.57. The largest absolute Gasteiger partial charge is 0.381 e. The summed E-state index contributed by atoms with van der Waals surface area (Å²) in [7, 11) is 0. The summed E-state index contributed by atoms with van der Waals surface area (Å²) in [4.78, 5) is 0. The van der Waals surface area contributed by atoms with Crippen molar-refractivity contribution < 1.29 is 9.26 Å². The van der Waals surface area contributed by atoms with Crippen LogP contribution in [0.5, 0.6) is 0 Å². The molecule has 2 rings (SSSR count). The zero-order chi connectivity index (χ0) is 9.80. The van der Waals surface area contributed by atoms with E-state index in [1.807, 2.05) is 6.07 Å². The number of nitrogens with one attached hydrogen (secondary N) is 1. The Hall–Kier alpha value is -0.870. The van der Waals surface area contributed by atoms with Gasteiger partial charge in [0.2, 0.25) is 0 Å². The molecule has 1 aromatic heterocycles. The molecule has 14 heavy (non-hydrogen) atoms. The van der Waals surface area contributed by atoms with Gasteiger partial charge in [0.05, 0.1) is 6.04 Å². The van der Waals surface area contributed by atoms with Crippen molar-refractivity contribution in [3.63, 3.8) is 0 Å². The maximum Gasteiger partial charge on any atom is 0.124 e. The van der Waals surface area contributed by atoms with E-state index >= 15 is 0 Å². The summed E-state index contributed by atoms with van der Waals surface area (Å²) < 4.78 is 10.1. The highest BCUT2D eigenvalue weighted by Gasteiger charge is 2.17. The van der Waals surface area contributed by atoms with Gasteiger partial charge in [-0.1, -0.05) is 5.16 Å². The van der Waals surface area contributed by atoms with Crippen LogP contribution in [-0.4, -0.2) is 24.4 Å². The van der Waals surface area contributed by atoms with Crippen LogP contribution in [0.2, 0.25) is 0 Å². The Balaban J connectivity index is 1.84. The molecule has 1 unspecified atom stereocenters. The molecule has 0 spiro atoms. The molecule has 78 valence electrons. The molecule has 1 aromatic rings. The van der Waals surface area contributed by atoms with Gasteiger partial charge in [-0.15, -0.1) is 0 Å². The van der Waals surface area contributed by atoms with Crippen LogP contribution in [0.3, 0.4) is 0 Å². The third-order valence-corrected chi connectivity index (χ3v) is 2.61. The first-order valence-electron chi connectivity index (χ1n) is 5.10. The molecule has 1 fully saturated rings. The normalized spacial score (nSPS) is 20.9. The van der Waals surface area contributed by atoms with Crippen LogP contribution >= 0.6 is 0 Å². The molecule has 1 N–H and O–H groups in total. The van der Waals surface area contributed by atoms with Crippen LogP contribution in [0.15, 0.2) is 16.9 Å². The van der Waals surface area contributed by atoms with E-state index in [-0.39, 0.29) is 6.04 Å². The predicted octanol–water partition coefficient (Wildman–Crippen LogP) is 1.50. The molecular formula is C10H16N2O2. The number of hydrogen-bond donors (Lipinski definition) is 1. The third kappa shape index (κ3) is 2.33. The summed E-state index contributed by atoms with van der Waals surface area (Å²) in [6.45, 7) is 3.83. The fraction of sp³-hybridized carbons (Fsp3) is 0.700. The number of ether oxygens (including phenoxy) is 1. The Labute approximate surface area is 83.6 Å². The minimum Gasteiger partial charge on any atom is -0.381 e. The average molecular weight is 196 g/mol. The van der Waals surface area contributed by atoms with E-state index in [0.29, 0.717) is 6.04 Å². The molecule has 0 radical (unpaired) electrons. The van der Waals surface area contributed by atoms with Crippen LogP contribution in [0.4, 0.5) is 0 Å². The Bertz CT molecular complexity index is 255. The van der Waals surface area contributed by atoms with Gasteiger partial charge >= 0.3 is 0 Å². The molecule has 1 aliphatic heterocycles. The van der Waals surface area contributed by atoms with Crippen LogP contribution in [0, 0.1) is 0 Å². The summed E-state index contributed by atoms with van der Waals surface area (Å²) in [6.07, 6.45) is 3.78. The predicted molar refractivity (Wildman–Crippen MR) is 51.9 cm³/mol. The molecule has 2 heterocycles. The van der Waals surface area contributed by atoms with Crippen molar-refractivity contribution in [2.45, 2.75) is 31.8 Å². The maximum absolute atomic E-state index is 5.30. The third-order valence-electron chi connectivity index (χ3n) is 2.61. The fourth-order valence-electron chi connectivity index (χ4n) is 1.75. The molecule has 1 saturated heterocycles. The quantitative estimate of drug-likeness (QED) is 0.796. The van der Waals surface area contributed by atoms with E-state index in [2.05, 4.69) is 17.4 Å². The Morgan fingerprint density at radius 2 is 2.29 bits per heavy atom. The first kappa shape index (κ1) is 9.68. The highest BCUT2D eigenvalue weighted by atomic mass is 16.5. The van der Waals surface area contributed by atoms with Gasteiger partial charge in [-0.2, -0.15) is 0 Å². The summed E-state index contributed by atoms with van der Waals surface area (Å²) in [5, 5.41) is 7.43. The lowest BCUT2D eigenvalue weighted by atomic mass is 10.1. The molecule has 4 heteroatoms. The average Bonchev–Trinajstić information content (AvgIpc) is 2.72. The second-order valence-electron chi connectivity index (χ2n) is 3.70. The number of rotatable bonds is 3. The van der Waals surface area contributed by atoms with Gasteiger partial charge in [0, 0.05) is 25.3 Å². The SMILES string of the molecule is CC(NC1CCOCC1)c1ccon1. The molecule has 0 aliphatic carbocycles. The summed E-state index contributed by atoms with van der Waals surface area (Å²) >= 11 is 0. The molecule has 4 nitrogen and oxygen atoms in total. The number of aromatic nitrogens is 1. The number of nitrogens with zero attached hydrogens (tertiary/aromatic N) is 1. The van der Waals surface area contributed by atoms with Crippen molar-refractivity contribution in [1.82, 2.24) is 10.5 Å². The minimum absolute atomic E-state index is 0.261. The van der Waals surface area contributed by atoms with Crippen molar-refractivity contribution in [1.29, 1.82) is 0 Å². The highest BCUT2D eigenvalue weighted by Crippen LogP contribution is 2.14. The van der Waals surface area contributed by atoms with Gasteiger partial charge < -0.3 is 14.6 Å². The smallest absolute Gasteiger partial charge is 0.124 e. The van der Waals surface area contributed by atoms with Gasteiger partial charge in [-0.25, -0.2) is 0 Å². The second-order valence-corrected chi connectivity index (χ2v) is 3.70. The summed E-state index contributed by atoms with van der Waals surface area (Å²) in [6, 6.07) is 2.71. The molecule has 1 atom stereocenters. The molecule has 0 aromatic carbocycles. The Morgan fingerprint density at radius 3 is 2.93 bits per heavy atom. The van der Waals surface area contributed by atoms with Gasteiger partial charge in [-0.3, -0.25) is 0 Å². The Morgan fingerprint density at radius 1 is 1.50 bits per heavy atom. The first-order valence-corrected chi connectivity index (χ1v) is 5.10. The standard InChI is InChI=1S/C10H16N2O2/c1-8(10-4-7-14-12-10)11-9-2-5-13-6-3-9/h4,7-9,11H,2-3,5-6H2,1H3. The molecule has 0 bridgehead atoms. The fourth-order valence-corrected chi connectivity index (χ4v) is 1.75. The van der Waals surface area contributed by atoms with E-state index in [0.717, 1.165) is 31.7 Å². The van der Waals surface area contributed by atoms with Crippen LogP contribution in [0.25, 0.3) is 0 Å². The van der Waals surface area contributed by atoms with Crippen LogP contribution < -0.4 is 5.32 Å². The van der Waals surface area contributed by atoms with Crippen molar-refractivity contribution in [3.8, 4) is 0 Å². The van der Waals surface area contributed by atoms with E-state index in [9.17, 15) is 0 Å². The van der Waals surface area contributed by atoms with Crippen LogP contribution in [0.1, 0.15) is 31.5 Å². The zero-order valence-electron chi connectivity index (χ0n) is 8.40. The lowest BCUT2D eigenvalue weighted by molar-refractivity contribution is 0.0752. The van der Waals surface area contributed by atoms with E-state index in [1.165, 1.54) is 0 Å². The first-order chi connectivity index (χ1) is 6.86. The van der Waals surface area contributed by atoms with Crippen molar-refractivity contribution >= 4 is 0 Å². The topological polar surface area (TPSA) is 47.3 Å². The summed E-state index contributed by atoms with van der Waals surface area (Å²) in [5.41, 5.74) is 0.969. The van der Waals surface area contributed by atoms with Crippen molar-refractivity contribution in [2.24, 2.45) is 0 Å². The summed E-state index contributed by atoms with van der Waals surface area (Å²) in [5.74, 6) is 0. The van der Waals surface area contributed by atoms with Crippen molar-refractivity contribution in [2.75, 3.05) is 13.2 Å². The monoisotopic (exact) mass is 196 g/mol. The van der Waals surface area contributed by atoms with Crippen LogP contribution in [-0.2, 0) is 4.74 Å². The molecule has 0 saturated carbocycles. The zero-order valence-corrected chi connectivity index (χ0v) is 8.40. The number of hydrogen-bond acceptors (Lipinski definition) is 4.